The van der Waals surface area contributed by atoms with Gasteiger partial charge in [-0.3, -0.25) is 4.68 Å². The highest BCUT2D eigenvalue weighted by Crippen LogP contribution is 2.28. The van der Waals surface area contributed by atoms with Gasteiger partial charge in [0.05, 0.1) is 15.7 Å². The number of fused-ring (bicyclic) bond motifs is 1. The molecule has 1 heterocycles. The van der Waals surface area contributed by atoms with Crippen LogP contribution in [0.15, 0.2) is 46.9 Å². The zero-order valence-corrected chi connectivity index (χ0v) is 13.1. The number of para-hydroxylation sites is 1. The van der Waals surface area contributed by atoms with Crippen molar-refractivity contribution in [2.75, 3.05) is 0 Å². The van der Waals surface area contributed by atoms with E-state index in [0.29, 0.717) is 10.9 Å². The molecule has 1 atom stereocenters. The lowest BCUT2D eigenvalue weighted by molar-refractivity contribution is 0.608. The molecule has 21 heavy (non-hydrogen) atoms. The normalized spacial score (nSPS) is 12.8. The summed E-state index contributed by atoms with van der Waals surface area (Å²) in [6.45, 7) is 0. The Balaban J connectivity index is 1.97. The van der Waals surface area contributed by atoms with Crippen molar-refractivity contribution in [1.82, 2.24) is 9.78 Å². The van der Waals surface area contributed by atoms with Crippen molar-refractivity contribution in [1.29, 1.82) is 0 Å². The fraction of sp³-hybridized carbons (Fsp3) is 0.188. The van der Waals surface area contributed by atoms with Crippen LogP contribution in [0, 0.1) is 5.82 Å². The van der Waals surface area contributed by atoms with Gasteiger partial charge >= 0.3 is 0 Å². The van der Waals surface area contributed by atoms with Crippen LogP contribution < -0.4 is 5.73 Å². The molecule has 3 aromatic rings. The fourth-order valence-corrected chi connectivity index (χ4v) is 3.12. The van der Waals surface area contributed by atoms with Gasteiger partial charge < -0.3 is 5.73 Å². The first kappa shape index (κ1) is 14.2. The van der Waals surface area contributed by atoms with Gasteiger partial charge in [-0.2, -0.15) is 5.10 Å². The molecule has 0 bridgehead atoms. The molecule has 3 rings (SSSR count). The molecule has 0 spiro atoms. The summed E-state index contributed by atoms with van der Waals surface area (Å²) in [5.74, 6) is -0.297. The van der Waals surface area contributed by atoms with E-state index in [4.69, 9.17) is 5.73 Å². The Labute approximate surface area is 130 Å². The van der Waals surface area contributed by atoms with Crippen LogP contribution in [0.5, 0.6) is 0 Å². The van der Waals surface area contributed by atoms with Crippen LogP contribution in [-0.2, 0) is 13.5 Å². The second-order valence-corrected chi connectivity index (χ2v) is 5.83. The van der Waals surface area contributed by atoms with Gasteiger partial charge in [-0.15, -0.1) is 0 Å². The standard InChI is InChI=1S/C16H15BrFN3/c1-21-15-8-3-2-5-11(15)14(20-21)9-13(19)10-6-4-7-12(18)16(10)17/h2-8,13H,9,19H2,1H3. The van der Waals surface area contributed by atoms with Crippen LogP contribution >= 0.6 is 15.9 Å². The summed E-state index contributed by atoms with van der Waals surface area (Å²) in [6, 6.07) is 12.6. The Morgan fingerprint density at radius 2 is 2.00 bits per heavy atom. The van der Waals surface area contributed by atoms with Crippen molar-refractivity contribution in [3.8, 4) is 0 Å². The molecule has 0 fully saturated rings. The first-order valence-corrected chi connectivity index (χ1v) is 7.47. The Hall–Kier alpha value is -1.72. The van der Waals surface area contributed by atoms with Gasteiger partial charge in [0, 0.05) is 24.9 Å². The fourth-order valence-electron chi connectivity index (χ4n) is 2.56. The molecule has 3 nitrogen and oxygen atoms in total. The highest BCUT2D eigenvalue weighted by molar-refractivity contribution is 9.10. The highest BCUT2D eigenvalue weighted by Gasteiger charge is 2.17. The molecule has 2 aromatic carbocycles. The molecule has 108 valence electrons. The van der Waals surface area contributed by atoms with E-state index >= 15 is 0 Å². The lowest BCUT2D eigenvalue weighted by Crippen LogP contribution is -2.15. The molecule has 0 aliphatic carbocycles. The molecule has 5 heteroatoms. The largest absolute Gasteiger partial charge is 0.324 e. The van der Waals surface area contributed by atoms with Gasteiger partial charge in [0.25, 0.3) is 0 Å². The minimum atomic E-state index is -0.312. The maximum atomic E-state index is 13.6. The Morgan fingerprint density at radius 3 is 2.81 bits per heavy atom. The van der Waals surface area contributed by atoms with Crippen LogP contribution in [-0.4, -0.2) is 9.78 Å². The minimum absolute atomic E-state index is 0.297. The molecule has 1 aromatic heterocycles. The predicted octanol–water partition coefficient (Wildman–Crippen LogP) is 3.72. The maximum Gasteiger partial charge on any atom is 0.137 e. The number of benzene rings is 2. The third kappa shape index (κ3) is 2.59. The summed E-state index contributed by atoms with van der Waals surface area (Å²) in [5.41, 5.74) is 9.00. The summed E-state index contributed by atoms with van der Waals surface area (Å²) in [7, 11) is 1.91. The van der Waals surface area contributed by atoms with Gasteiger partial charge in [-0.25, -0.2) is 4.39 Å². The van der Waals surface area contributed by atoms with Crippen LogP contribution in [0.25, 0.3) is 10.9 Å². The minimum Gasteiger partial charge on any atom is -0.324 e. The molecule has 2 N–H and O–H groups in total. The van der Waals surface area contributed by atoms with Gasteiger partial charge in [0.1, 0.15) is 5.82 Å². The quantitative estimate of drug-likeness (QED) is 0.784. The van der Waals surface area contributed by atoms with Gasteiger partial charge in [-0.1, -0.05) is 30.3 Å². The summed E-state index contributed by atoms with van der Waals surface area (Å²) in [5, 5.41) is 5.62. The highest BCUT2D eigenvalue weighted by atomic mass is 79.9. The summed E-state index contributed by atoms with van der Waals surface area (Å²) < 4.78 is 15.9. The summed E-state index contributed by atoms with van der Waals surface area (Å²) >= 11 is 3.27. The molecule has 0 aliphatic heterocycles. The van der Waals surface area contributed by atoms with Gasteiger partial charge in [0.15, 0.2) is 0 Å². The van der Waals surface area contributed by atoms with Crippen molar-refractivity contribution in [2.45, 2.75) is 12.5 Å². The van der Waals surface area contributed by atoms with E-state index < -0.39 is 0 Å². The second kappa shape index (κ2) is 5.58. The number of nitrogens with zero attached hydrogens (tertiary/aromatic N) is 2. The van der Waals surface area contributed by atoms with E-state index in [1.165, 1.54) is 6.07 Å². The molecule has 0 aliphatic rings. The number of hydrogen-bond acceptors (Lipinski definition) is 2. The number of halogens is 2. The van der Waals surface area contributed by atoms with Crippen molar-refractivity contribution in [3.05, 3.63) is 64.0 Å². The molecule has 0 amide bonds. The van der Waals surface area contributed by atoms with Crippen LogP contribution in [0.3, 0.4) is 0 Å². The molecule has 0 saturated heterocycles. The summed E-state index contributed by atoms with van der Waals surface area (Å²) in [4.78, 5) is 0. The number of aryl methyl sites for hydroxylation is 1. The van der Waals surface area contributed by atoms with Crippen molar-refractivity contribution in [3.63, 3.8) is 0 Å². The monoisotopic (exact) mass is 347 g/mol. The molecule has 0 saturated carbocycles. The topological polar surface area (TPSA) is 43.8 Å². The first-order chi connectivity index (χ1) is 10.1. The first-order valence-electron chi connectivity index (χ1n) is 6.68. The van der Waals surface area contributed by atoms with Gasteiger partial charge in [0.2, 0.25) is 0 Å². The van der Waals surface area contributed by atoms with Crippen LogP contribution in [0.1, 0.15) is 17.3 Å². The number of hydrogen-bond donors (Lipinski definition) is 1. The zero-order chi connectivity index (χ0) is 15.0. The van der Waals surface area contributed by atoms with Gasteiger partial charge in [-0.05, 0) is 33.6 Å². The van der Waals surface area contributed by atoms with E-state index in [-0.39, 0.29) is 11.9 Å². The molecular formula is C16H15BrFN3. The number of aromatic nitrogens is 2. The number of nitrogens with two attached hydrogens (primary N) is 1. The molecule has 1 unspecified atom stereocenters. The zero-order valence-electron chi connectivity index (χ0n) is 11.6. The van der Waals surface area contributed by atoms with E-state index in [0.717, 1.165) is 22.2 Å². The lowest BCUT2D eigenvalue weighted by atomic mass is 10.0. The SMILES string of the molecule is Cn1nc(CC(N)c2cccc(F)c2Br)c2ccccc21. The third-order valence-electron chi connectivity index (χ3n) is 3.63. The smallest absolute Gasteiger partial charge is 0.137 e. The average molecular weight is 348 g/mol. The van der Waals surface area contributed by atoms with E-state index in [1.54, 1.807) is 6.07 Å². The summed E-state index contributed by atoms with van der Waals surface area (Å²) in [6.07, 6.45) is 0.559. The van der Waals surface area contributed by atoms with E-state index in [9.17, 15) is 4.39 Å². The maximum absolute atomic E-state index is 13.6. The third-order valence-corrected chi connectivity index (χ3v) is 4.47. The molecule has 0 radical (unpaired) electrons. The van der Waals surface area contributed by atoms with E-state index in [1.807, 2.05) is 42.1 Å². The second-order valence-electron chi connectivity index (χ2n) is 5.04. The van der Waals surface area contributed by atoms with Crippen molar-refractivity contribution < 1.29 is 4.39 Å². The Morgan fingerprint density at radius 1 is 1.24 bits per heavy atom. The lowest BCUT2D eigenvalue weighted by Gasteiger charge is -2.13. The predicted molar refractivity (Wildman–Crippen MR) is 85.4 cm³/mol. The van der Waals surface area contributed by atoms with Crippen molar-refractivity contribution in [2.24, 2.45) is 12.8 Å². The van der Waals surface area contributed by atoms with Crippen LogP contribution in [0.2, 0.25) is 0 Å². The Bertz CT molecular complexity index is 797. The molecular weight excluding hydrogens is 333 g/mol. The van der Waals surface area contributed by atoms with E-state index in [2.05, 4.69) is 21.0 Å². The van der Waals surface area contributed by atoms with Crippen LogP contribution in [0.4, 0.5) is 4.39 Å². The van der Waals surface area contributed by atoms with Crippen molar-refractivity contribution >= 4 is 26.8 Å². The Kier molecular flexibility index (Phi) is 3.78. The number of rotatable bonds is 3. The average Bonchev–Trinajstić information content (AvgIpc) is 2.79.